The van der Waals surface area contributed by atoms with Crippen LogP contribution in [0.1, 0.15) is 70.8 Å². The van der Waals surface area contributed by atoms with Crippen LogP contribution >= 0.6 is 0 Å². The van der Waals surface area contributed by atoms with Crippen molar-refractivity contribution in [1.82, 2.24) is 10.2 Å². The number of rotatable bonds is 3. The van der Waals surface area contributed by atoms with E-state index in [2.05, 4.69) is 5.32 Å². The molecule has 3 rings (SSSR count). The number of likely N-dealkylation sites (tertiary alicyclic amines) is 1. The lowest BCUT2D eigenvalue weighted by Crippen LogP contribution is -2.41. The number of benzene rings is 1. The van der Waals surface area contributed by atoms with Gasteiger partial charge in [0.1, 0.15) is 11.4 Å². The molecular formula is C23H34BFN2O5. The first kappa shape index (κ1) is 24.5. The van der Waals surface area contributed by atoms with Gasteiger partial charge >= 0.3 is 13.2 Å². The first-order valence-corrected chi connectivity index (χ1v) is 11.0. The zero-order valence-electron chi connectivity index (χ0n) is 20.3. The fourth-order valence-corrected chi connectivity index (χ4v) is 3.85. The molecule has 9 heteroatoms. The number of nitrogens with zero attached hydrogens (tertiary/aromatic N) is 1. The fraction of sp³-hybridized carbons (Fsp3) is 0.652. The highest BCUT2D eigenvalue weighted by atomic mass is 19.1. The Bertz CT molecular complexity index is 873. The SMILES string of the molecule is Cc1cc(B2OC(C)(C)C(C)(C)O2)cc(F)c1C(=O)N1CCC(NC(=O)OC(C)(C)C)C1. The molecular weight excluding hydrogens is 414 g/mol. The molecule has 1 aromatic rings. The minimum atomic E-state index is -0.702. The Kier molecular flexibility index (Phi) is 6.39. The molecule has 1 unspecified atom stereocenters. The molecule has 2 amide bonds. The summed E-state index contributed by atoms with van der Waals surface area (Å²) in [7, 11) is -0.702. The molecule has 0 saturated carbocycles. The Morgan fingerprint density at radius 3 is 2.31 bits per heavy atom. The van der Waals surface area contributed by atoms with Gasteiger partial charge < -0.3 is 24.3 Å². The van der Waals surface area contributed by atoms with Crippen LogP contribution in [0.2, 0.25) is 0 Å². The van der Waals surface area contributed by atoms with Crippen LogP contribution in [0, 0.1) is 12.7 Å². The van der Waals surface area contributed by atoms with Gasteiger partial charge in [0, 0.05) is 13.1 Å². The number of aryl methyl sites for hydroxylation is 1. The van der Waals surface area contributed by atoms with E-state index in [0.29, 0.717) is 30.5 Å². The monoisotopic (exact) mass is 448 g/mol. The van der Waals surface area contributed by atoms with E-state index in [1.54, 1.807) is 38.7 Å². The van der Waals surface area contributed by atoms with Crippen molar-refractivity contribution in [3.05, 3.63) is 29.1 Å². The molecule has 0 radical (unpaired) electrons. The van der Waals surface area contributed by atoms with Crippen LogP contribution in [0.3, 0.4) is 0 Å². The van der Waals surface area contributed by atoms with Crippen molar-refractivity contribution in [3.63, 3.8) is 0 Å². The summed E-state index contributed by atoms with van der Waals surface area (Å²) in [5.74, 6) is -1.00. The number of nitrogens with one attached hydrogen (secondary N) is 1. The van der Waals surface area contributed by atoms with Crippen molar-refractivity contribution in [1.29, 1.82) is 0 Å². The number of amides is 2. The molecule has 1 N–H and O–H groups in total. The maximum Gasteiger partial charge on any atom is 0.494 e. The Morgan fingerprint density at radius 1 is 1.19 bits per heavy atom. The van der Waals surface area contributed by atoms with E-state index in [1.807, 2.05) is 27.7 Å². The maximum atomic E-state index is 15.1. The summed E-state index contributed by atoms with van der Waals surface area (Å²) in [6.07, 6.45) is 0.0587. The van der Waals surface area contributed by atoms with Crippen molar-refractivity contribution in [2.75, 3.05) is 13.1 Å². The van der Waals surface area contributed by atoms with Crippen LogP contribution in [0.5, 0.6) is 0 Å². The third-order valence-electron chi connectivity index (χ3n) is 6.25. The van der Waals surface area contributed by atoms with Gasteiger partial charge in [-0.1, -0.05) is 6.07 Å². The zero-order chi connectivity index (χ0) is 24.1. The van der Waals surface area contributed by atoms with Gasteiger partial charge in [-0.15, -0.1) is 0 Å². The molecule has 0 spiro atoms. The molecule has 0 aliphatic carbocycles. The van der Waals surface area contributed by atoms with Crippen LogP contribution in [-0.4, -0.2) is 60.0 Å². The van der Waals surface area contributed by atoms with Crippen LogP contribution < -0.4 is 10.8 Å². The average molecular weight is 448 g/mol. The zero-order valence-corrected chi connectivity index (χ0v) is 20.3. The largest absolute Gasteiger partial charge is 0.494 e. The molecule has 0 bridgehead atoms. The Balaban J connectivity index is 1.70. The summed E-state index contributed by atoms with van der Waals surface area (Å²) >= 11 is 0. The third kappa shape index (κ3) is 5.09. The first-order valence-electron chi connectivity index (χ1n) is 11.0. The molecule has 176 valence electrons. The van der Waals surface area contributed by atoms with Gasteiger partial charge in [-0.2, -0.15) is 0 Å². The maximum absolute atomic E-state index is 15.1. The smallest absolute Gasteiger partial charge is 0.444 e. The second-order valence-electron chi connectivity index (χ2n) is 10.7. The molecule has 1 aromatic carbocycles. The van der Waals surface area contributed by atoms with E-state index >= 15 is 4.39 Å². The Hall–Kier alpha value is -2.13. The van der Waals surface area contributed by atoms with Crippen molar-refractivity contribution >= 4 is 24.6 Å². The summed E-state index contributed by atoms with van der Waals surface area (Å²) in [6.45, 7) is 15.5. The van der Waals surface area contributed by atoms with Crippen molar-refractivity contribution in [3.8, 4) is 0 Å². The van der Waals surface area contributed by atoms with Crippen LogP contribution in [-0.2, 0) is 14.0 Å². The van der Waals surface area contributed by atoms with Gasteiger partial charge in [0.15, 0.2) is 0 Å². The second-order valence-corrected chi connectivity index (χ2v) is 10.7. The molecule has 1 atom stereocenters. The van der Waals surface area contributed by atoms with E-state index in [9.17, 15) is 9.59 Å². The van der Waals surface area contributed by atoms with Gasteiger partial charge in [-0.3, -0.25) is 4.79 Å². The molecule has 2 heterocycles. The number of carbonyl (C=O) groups is 2. The summed E-state index contributed by atoms with van der Waals surface area (Å²) in [4.78, 5) is 26.6. The first-order chi connectivity index (χ1) is 14.6. The summed E-state index contributed by atoms with van der Waals surface area (Å²) in [6, 6.07) is 2.82. The topological polar surface area (TPSA) is 77.1 Å². The minimum absolute atomic E-state index is 0.0307. The van der Waals surface area contributed by atoms with Gasteiger partial charge in [0.25, 0.3) is 5.91 Å². The average Bonchev–Trinajstić information content (AvgIpc) is 3.14. The molecule has 2 aliphatic rings. The van der Waals surface area contributed by atoms with Gasteiger partial charge in [0.2, 0.25) is 0 Å². The number of ether oxygens (including phenoxy) is 1. The summed E-state index contributed by atoms with van der Waals surface area (Å²) in [5.41, 5.74) is -0.588. The predicted octanol–water partition coefficient (Wildman–Crippen LogP) is 3.17. The van der Waals surface area contributed by atoms with E-state index < -0.39 is 41.7 Å². The number of alkyl carbamates (subject to hydrolysis) is 1. The van der Waals surface area contributed by atoms with Crippen LogP contribution in [0.4, 0.5) is 9.18 Å². The quantitative estimate of drug-likeness (QED) is 0.719. The minimum Gasteiger partial charge on any atom is -0.444 e. The van der Waals surface area contributed by atoms with Crippen molar-refractivity contribution in [2.24, 2.45) is 0 Å². The predicted molar refractivity (Wildman–Crippen MR) is 121 cm³/mol. The number of hydrogen-bond donors (Lipinski definition) is 1. The van der Waals surface area contributed by atoms with E-state index in [-0.39, 0.29) is 11.6 Å². The second kappa shape index (κ2) is 8.34. The van der Waals surface area contributed by atoms with Gasteiger partial charge in [0.05, 0.1) is 22.8 Å². The highest BCUT2D eigenvalue weighted by molar-refractivity contribution is 6.62. The van der Waals surface area contributed by atoms with Crippen LogP contribution in [0.25, 0.3) is 0 Å². The van der Waals surface area contributed by atoms with Crippen molar-refractivity contribution < 1.29 is 28.0 Å². The molecule has 7 nitrogen and oxygen atoms in total. The number of hydrogen-bond acceptors (Lipinski definition) is 5. The normalized spacial score (nSPS) is 22.2. The lowest BCUT2D eigenvalue weighted by Gasteiger charge is -2.32. The molecule has 2 saturated heterocycles. The van der Waals surface area contributed by atoms with E-state index in [1.165, 1.54) is 6.07 Å². The Morgan fingerprint density at radius 2 is 1.78 bits per heavy atom. The number of halogens is 1. The molecule has 2 fully saturated rings. The highest BCUT2D eigenvalue weighted by Crippen LogP contribution is 2.36. The summed E-state index contributed by atoms with van der Waals surface area (Å²) < 4.78 is 32.4. The molecule has 2 aliphatic heterocycles. The van der Waals surface area contributed by atoms with E-state index in [4.69, 9.17) is 14.0 Å². The third-order valence-corrected chi connectivity index (χ3v) is 6.25. The van der Waals surface area contributed by atoms with Gasteiger partial charge in [-0.05, 0) is 78.9 Å². The molecule has 32 heavy (non-hydrogen) atoms. The van der Waals surface area contributed by atoms with E-state index in [0.717, 1.165) is 0 Å². The highest BCUT2D eigenvalue weighted by Gasteiger charge is 2.52. The molecule has 0 aromatic heterocycles. The standard InChI is InChI=1S/C23H34BFN2O5/c1-14-11-15(24-31-22(5,6)23(7,8)32-24)12-17(25)18(14)19(28)27-10-9-16(13-27)26-20(29)30-21(2,3)4/h11-12,16H,9-10,13H2,1-8H3,(H,26,29). The van der Waals surface area contributed by atoms with Crippen LogP contribution in [0.15, 0.2) is 12.1 Å². The van der Waals surface area contributed by atoms with Crippen molar-refractivity contribution in [2.45, 2.75) is 84.7 Å². The number of carbonyl (C=O) groups excluding carboxylic acids is 2. The fourth-order valence-electron chi connectivity index (χ4n) is 3.85. The lowest BCUT2D eigenvalue weighted by molar-refractivity contribution is 0.00578. The lowest BCUT2D eigenvalue weighted by atomic mass is 9.77. The van der Waals surface area contributed by atoms with Gasteiger partial charge in [-0.25, -0.2) is 9.18 Å². The Labute approximate surface area is 190 Å². The summed E-state index contributed by atoms with van der Waals surface area (Å²) in [5, 5.41) is 2.78.